The Bertz CT molecular complexity index is 291. The normalized spacial score (nSPS) is 10.5. The highest BCUT2D eigenvalue weighted by atomic mass is 14.0. The van der Waals surface area contributed by atoms with Crippen molar-refractivity contribution in [2.75, 3.05) is 0 Å². The van der Waals surface area contributed by atoms with E-state index in [4.69, 9.17) is 0 Å². The van der Waals surface area contributed by atoms with Gasteiger partial charge in [0.05, 0.1) is 0 Å². The van der Waals surface area contributed by atoms with Gasteiger partial charge < -0.3 is 0 Å². The molecule has 0 aliphatic carbocycles. The molecule has 0 radical (unpaired) electrons. The van der Waals surface area contributed by atoms with E-state index in [1.807, 2.05) is 41.5 Å². The highest BCUT2D eigenvalue weighted by Crippen LogP contribution is 2.04. The number of allylic oxidation sites excluding steroid dienone is 6. The molecule has 204 valence electrons. The molecule has 0 bridgehead atoms. The maximum atomic E-state index is 2.27. The average molecular weight is 469 g/mol. The van der Waals surface area contributed by atoms with Gasteiger partial charge in [-0.3, -0.25) is 0 Å². The van der Waals surface area contributed by atoms with Crippen LogP contribution in [0, 0.1) is 35.5 Å². The summed E-state index contributed by atoms with van der Waals surface area (Å²) in [5, 5.41) is 0. The van der Waals surface area contributed by atoms with Crippen molar-refractivity contribution >= 4 is 0 Å². The van der Waals surface area contributed by atoms with Crippen LogP contribution in [0.3, 0.4) is 0 Å². The molecule has 0 aromatic rings. The van der Waals surface area contributed by atoms with Crippen LogP contribution in [0.4, 0.5) is 0 Å². The Morgan fingerprint density at radius 1 is 0.333 bits per heavy atom. The lowest BCUT2D eigenvalue weighted by atomic mass is 10.1. The molecule has 0 spiro atoms. The second kappa shape index (κ2) is 41.5. The Hall–Kier alpha value is -0.780. The van der Waals surface area contributed by atoms with Gasteiger partial charge in [0.1, 0.15) is 0 Å². The van der Waals surface area contributed by atoms with E-state index in [-0.39, 0.29) is 0 Å². The number of hydrogen-bond donors (Lipinski definition) is 0. The van der Waals surface area contributed by atoms with E-state index in [1.54, 1.807) is 0 Å². The van der Waals surface area contributed by atoms with Gasteiger partial charge in [0.2, 0.25) is 0 Å². The average Bonchev–Trinajstić information content (AvgIpc) is 2.72. The molecule has 0 saturated carbocycles. The Labute approximate surface area is 215 Å². The van der Waals surface area contributed by atoms with Gasteiger partial charge in [-0.05, 0) is 54.8 Å². The summed E-state index contributed by atoms with van der Waals surface area (Å²) in [6.45, 7) is 38.7. The smallest absolute Gasteiger partial charge is 0.0290 e. The van der Waals surface area contributed by atoms with E-state index in [9.17, 15) is 0 Å². The summed E-state index contributed by atoms with van der Waals surface area (Å²) < 4.78 is 0. The van der Waals surface area contributed by atoms with Crippen LogP contribution in [0.1, 0.15) is 144 Å². The highest BCUT2D eigenvalue weighted by molar-refractivity contribution is 4.86. The number of rotatable bonds is 9. The van der Waals surface area contributed by atoms with Crippen LogP contribution in [-0.2, 0) is 0 Å². The quantitative estimate of drug-likeness (QED) is 0.295. The van der Waals surface area contributed by atoms with Crippen molar-refractivity contribution in [2.24, 2.45) is 35.5 Å². The Morgan fingerprint density at radius 2 is 0.485 bits per heavy atom. The van der Waals surface area contributed by atoms with Gasteiger partial charge in [0.25, 0.3) is 0 Å². The molecule has 0 saturated heterocycles. The molecule has 0 heteroatoms. The molecule has 0 aliphatic heterocycles. The zero-order chi connectivity index (χ0) is 27.8. The van der Waals surface area contributed by atoms with Crippen LogP contribution in [0.2, 0.25) is 0 Å². The first-order chi connectivity index (χ1) is 15.4. The molecular weight excluding hydrogens is 396 g/mol. The fraction of sp³-hybridized carbons (Fsp3) is 0.818. The molecular formula is C33H72. The lowest BCUT2D eigenvalue weighted by molar-refractivity contribution is 0.658. The molecule has 0 aliphatic rings. The first-order valence-corrected chi connectivity index (χ1v) is 14.4. The van der Waals surface area contributed by atoms with Crippen LogP contribution in [0.15, 0.2) is 36.5 Å². The van der Waals surface area contributed by atoms with Gasteiger partial charge in [-0.25, -0.2) is 0 Å². The molecule has 0 aromatic heterocycles. The predicted octanol–water partition coefficient (Wildman–Crippen LogP) is 12.8. The maximum Gasteiger partial charge on any atom is -0.0290 e. The summed E-state index contributed by atoms with van der Waals surface area (Å²) in [4.78, 5) is 0. The first kappa shape index (κ1) is 45.7. The zero-order valence-electron chi connectivity index (χ0n) is 27.0. The Morgan fingerprint density at radius 3 is 0.576 bits per heavy atom. The molecule has 0 atom stereocenters. The second-order valence-electron chi connectivity index (χ2n) is 9.91. The third kappa shape index (κ3) is 89.9. The van der Waals surface area contributed by atoms with Crippen LogP contribution in [0.25, 0.3) is 0 Å². The molecule has 0 rings (SSSR count). The zero-order valence-corrected chi connectivity index (χ0v) is 27.0. The summed E-state index contributed by atoms with van der Waals surface area (Å²) >= 11 is 0. The standard InChI is InChI=1S/3C9H18.3C2H6/c3*1-8(2)6-5-7-9(3)4;3*1-2/h3*5-6,8-9H,7H2,1-4H3;3*1-2H3/b2*6-5-;;;;. The topological polar surface area (TPSA) is 0 Å². The lowest BCUT2D eigenvalue weighted by Crippen LogP contribution is -1.83. The van der Waals surface area contributed by atoms with Crippen LogP contribution in [-0.4, -0.2) is 0 Å². The molecule has 0 nitrogen and oxygen atoms in total. The van der Waals surface area contributed by atoms with Gasteiger partial charge in [-0.2, -0.15) is 0 Å². The van der Waals surface area contributed by atoms with Crippen molar-refractivity contribution in [1.82, 2.24) is 0 Å². The van der Waals surface area contributed by atoms with E-state index in [1.165, 1.54) is 19.3 Å². The van der Waals surface area contributed by atoms with Crippen LogP contribution < -0.4 is 0 Å². The molecule has 0 aromatic carbocycles. The van der Waals surface area contributed by atoms with Crippen LogP contribution in [0.5, 0.6) is 0 Å². The molecule has 0 N–H and O–H groups in total. The molecule has 0 amide bonds. The Kier molecular flexibility index (Phi) is 57.4. The fourth-order valence-corrected chi connectivity index (χ4v) is 1.87. The van der Waals surface area contributed by atoms with Gasteiger partial charge in [0.15, 0.2) is 0 Å². The molecule has 0 unspecified atom stereocenters. The summed E-state index contributed by atoms with van der Waals surface area (Å²) in [6, 6.07) is 0. The molecule has 0 heterocycles. The van der Waals surface area contributed by atoms with Crippen molar-refractivity contribution in [2.45, 2.75) is 144 Å². The van der Waals surface area contributed by atoms with Gasteiger partial charge in [-0.1, -0.05) is 161 Å². The van der Waals surface area contributed by atoms with Crippen molar-refractivity contribution in [3.63, 3.8) is 0 Å². The fourth-order valence-electron chi connectivity index (χ4n) is 1.87. The summed E-state index contributed by atoms with van der Waals surface area (Å²) in [6.07, 6.45) is 17.3. The third-order valence-corrected chi connectivity index (χ3v) is 3.39. The van der Waals surface area contributed by atoms with E-state index in [2.05, 4.69) is 120 Å². The van der Waals surface area contributed by atoms with Crippen molar-refractivity contribution in [3.05, 3.63) is 36.5 Å². The third-order valence-electron chi connectivity index (χ3n) is 3.39. The SMILES string of the molecule is CC.CC.CC.CC(C)/C=C\CC(C)C.CC(C)/C=C\CC(C)C.CC(C)C=CCC(C)C. The van der Waals surface area contributed by atoms with Crippen molar-refractivity contribution in [3.8, 4) is 0 Å². The van der Waals surface area contributed by atoms with Crippen molar-refractivity contribution in [1.29, 1.82) is 0 Å². The lowest BCUT2D eigenvalue weighted by Gasteiger charge is -1.97. The van der Waals surface area contributed by atoms with Crippen LogP contribution >= 0.6 is 0 Å². The largest absolute Gasteiger partial charge is 0.0880 e. The van der Waals surface area contributed by atoms with Crippen molar-refractivity contribution < 1.29 is 0 Å². The van der Waals surface area contributed by atoms with Gasteiger partial charge in [0, 0.05) is 0 Å². The monoisotopic (exact) mass is 469 g/mol. The highest BCUT2D eigenvalue weighted by Gasteiger charge is 1.89. The Balaban J connectivity index is -0.0000000740. The van der Waals surface area contributed by atoms with E-state index in [0.29, 0.717) is 17.8 Å². The first-order valence-electron chi connectivity index (χ1n) is 14.4. The maximum absolute atomic E-state index is 2.27. The predicted molar refractivity (Wildman–Crippen MR) is 164 cm³/mol. The van der Waals surface area contributed by atoms with Gasteiger partial charge in [-0.15, -0.1) is 0 Å². The molecule has 33 heavy (non-hydrogen) atoms. The van der Waals surface area contributed by atoms with E-state index >= 15 is 0 Å². The minimum atomic E-state index is 0.712. The summed E-state index contributed by atoms with van der Waals surface area (Å²) in [5.41, 5.74) is 0. The number of hydrogen-bond acceptors (Lipinski definition) is 0. The molecule has 0 fully saturated rings. The minimum absolute atomic E-state index is 0.712. The summed E-state index contributed by atoms with van der Waals surface area (Å²) in [5.74, 6) is 4.55. The minimum Gasteiger partial charge on any atom is -0.0880 e. The summed E-state index contributed by atoms with van der Waals surface area (Å²) in [7, 11) is 0. The second-order valence-corrected chi connectivity index (χ2v) is 9.91. The van der Waals surface area contributed by atoms with E-state index < -0.39 is 0 Å². The van der Waals surface area contributed by atoms with Gasteiger partial charge >= 0.3 is 0 Å². The van der Waals surface area contributed by atoms with E-state index in [0.717, 1.165) is 17.8 Å².